The molecule has 0 saturated carbocycles. The van der Waals surface area contributed by atoms with Crippen LogP contribution in [-0.4, -0.2) is 52.4 Å². The Bertz CT molecular complexity index is 623. The molecule has 2 N–H and O–H groups in total. The van der Waals surface area contributed by atoms with Crippen molar-refractivity contribution in [1.29, 1.82) is 0 Å². The molecule has 1 fully saturated rings. The highest BCUT2D eigenvalue weighted by Gasteiger charge is 2.15. The average molecular weight is 340 g/mol. The summed E-state index contributed by atoms with van der Waals surface area (Å²) in [7, 11) is -0.786. The highest BCUT2D eigenvalue weighted by molar-refractivity contribution is 7.87. The van der Waals surface area contributed by atoms with E-state index in [9.17, 15) is 13.2 Å². The molecule has 0 radical (unpaired) electrons. The molecule has 0 spiro atoms. The average Bonchev–Trinajstić information content (AvgIpc) is 2.54. The summed E-state index contributed by atoms with van der Waals surface area (Å²) < 4.78 is 26.3. The van der Waals surface area contributed by atoms with Crippen molar-refractivity contribution >= 4 is 27.5 Å². The molecule has 128 valence electrons. The van der Waals surface area contributed by atoms with E-state index in [-0.39, 0.29) is 6.54 Å². The van der Waals surface area contributed by atoms with Crippen molar-refractivity contribution in [2.75, 3.05) is 43.9 Å². The molecule has 1 aromatic rings. The fourth-order valence-electron chi connectivity index (χ4n) is 2.40. The largest absolute Gasteiger partial charge is 0.372 e. The summed E-state index contributed by atoms with van der Waals surface area (Å²) >= 11 is 0. The molecule has 23 heavy (non-hydrogen) atoms. The third-order valence-electron chi connectivity index (χ3n) is 3.77. The summed E-state index contributed by atoms with van der Waals surface area (Å²) in [6, 6.07) is 7.63. The van der Waals surface area contributed by atoms with Crippen LogP contribution in [0.15, 0.2) is 24.3 Å². The fraction of sp³-hybridized carbons (Fsp3) is 0.533. The zero-order valence-corrected chi connectivity index (χ0v) is 14.4. The number of amides is 1. The lowest BCUT2D eigenvalue weighted by Crippen LogP contribution is -2.40. The van der Waals surface area contributed by atoms with Gasteiger partial charge in [0.2, 0.25) is 5.91 Å². The minimum atomic E-state index is -3.59. The van der Waals surface area contributed by atoms with E-state index in [0.717, 1.165) is 23.1 Å². The van der Waals surface area contributed by atoms with Gasteiger partial charge in [0.1, 0.15) is 0 Å². The second-order valence-electron chi connectivity index (χ2n) is 5.75. The van der Waals surface area contributed by atoms with Gasteiger partial charge in [-0.1, -0.05) is 0 Å². The maximum absolute atomic E-state index is 11.8. The smallest absolute Gasteiger partial charge is 0.279 e. The van der Waals surface area contributed by atoms with Gasteiger partial charge in [0.15, 0.2) is 0 Å². The van der Waals surface area contributed by atoms with Crippen LogP contribution in [0, 0.1) is 0 Å². The molecule has 2 rings (SSSR count). The summed E-state index contributed by atoms with van der Waals surface area (Å²) in [6.07, 6.45) is 3.71. The number of piperidine rings is 1. The first-order valence-corrected chi connectivity index (χ1v) is 9.14. The molecule has 1 aliphatic heterocycles. The van der Waals surface area contributed by atoms with Crippen LogP contribution in [0.2, 0.25) is 0 Å². The minimum Gasteiger partial charge on any atom is -0.372 e. The van der Waals surface area contributed by atoms with Crippen LogP contribution in [-0.2, 0) is 15.0 Å². The van der Waals surface area contributed by atoms with Gasteiger partial charge in [-0.15, -0.1) is 0 Å². The maximum Gasteiger partial charge on any atom is 0.279 e. The van der Waals surface area contributed by atoms with Gasteiger partial charge in [-0.3, -0.25) is 4.79 Å². The van der Waals surface area contributed by atoms with Crippen molar-refractivity contribution in [2.45, 2.75) is 19.3 Å². The van der Waals surface area contributed by atoms with Crippen LogP contribution >= 0.6 is 0 Å². The predicted octanol–water partition coefficient (Wildman–Crippen LogP) is 1.01. The van der Waals surface area contributed by atoms with E-state index < -0.39 is 16.1 Å². The van der Waals surface area contributed by atoms with Crippen molar-refractivity contribution in [3.63, 3.8) is 0 Å². The quantitative estimate of drug-likeness (QED) is 0.810. The number of benzene rings is 1. The molecular formula is C15H24N4O3S. The van der Waals surface area contributed by atoms with Crippen LogP contribution in [0.5, 0.6) is 0 Å². The van der Waals surface area contributed by atoms with Gasteiger partial charge in [-0.2, -0.15) is 17.4 Å². The normalized spacial score (nSPS) is 15.7. The molecule has 0 aromatic heterocycles. The lowest BCUT2D eigenvalue weighted by atomic mass is 10.1. The Balaban J connectivity index is 1.86. The summed E-state index contributed by atoms with van der Waals surface area (Å²) in [6.45, 7) is 1.84. The molecule has 1 aliphatic rings. The summed E-state index contributed by atoms with van der Waals surface area (Å²) in [5.41, 5.74) is 1.80. The first-order valence-electron chi connectivity index (χ1n) is 7.70. The van der Waals surface area contributed by atoms with Crippen molar-refractivity contribution in [3.05, 3.63) is 24.3 Å². The Labute approximate surface area is 137 Å². The first kappa shape index (κ1) is 17.7. The summed E-state index contributed by atoms with van der Waals surface area (Å²) in [4.78, 5) is 14.1. The van der Waals surface area contributed by atoms with Crippen LogP contribution in [0.25, 0.3) is 0 Å². The minimum absolute atomic E-state index is 0.297. The van der Waals surface area contributed by atoms with E-state index in [0.29, 0.717) is 5.69 Å². The monoisotopic (exact) mass is 340 g/mol. The zero-order valence-electron chi connectivity index (χ0n) is 13.6. The Morgan fingerprint density at radius 3 is 2.30 bits per heavy atom. The zero-order chi connectivity index (χ0) is 16.9. The highest BCUT2D eigenvalue weighted by Crippen LogP contribution is 2.21. The van der Waals surface area contributed by atoms with Crippen LogP contribution < -0.4 is 14.9 Å². The lowest BCUT2D eigenvalue weighted by molar-refractivity contribution is -0.115. The number of nitrogens with one attached hydrogen (secondary N) is 2. The van der Waals surface area contributed by atoms with Gasteiger partial charge in [0, 0.05) is 38.6 Å². The number of anilines is 2. The van der Waals surface area contributed by atoms with Crippen LogP contribution in [0.4, 0.5) is 11.4 Å². The third-order valence-corrected chi connectivity index (χ3v) is 5.24. The number of carbonyl (C=O) groups excluding carboxylic acids is 1. The Kier molecular flexibility index (Phi) is 5.97. The van der Waals surface area contributed by atoms with Gasteiger partial charge in [-0.05, 0) is 43.5 Å². The van der Waals surface area contributed by atoms with Gasteiger partial charge in [0.25, 0.3) is 10.2 Å². The second-order valence-corrected chi connectivity index (χ2v) is 7.72. The molecule has 1 aromatic carbocycles. The standard InChI is InChI=1S/C15H24N4O3S/c1-18(2)23(21,22)16-12-15(20)17-13-6-8-14(9-7-13)19-10-4-3-5-11-19/h6-9,16H,3-5,10-12H2,1-2H3,(H,17,20). The van der Waals surface area contributed by atoms with Crippen molar-refractivity contribution in [1.82, 2.24) is 9.03 Å². The Hall–Kier alpha value is -1.64. The van der Waals surface area contributed by atoms with Gasteiger partial charge < -0.3 is 10.2 Å². The van der Waals surface area contributed by atoms with Crippen LogP contribution in [0.3, 0.4) is 0 Å². The van der Waals surface area contributed by atoms with Gasteiger partial charge in [0.05, 0.1) is 6.54 Å². The predicted molar refractivity (Wildman–Crippen MR) is 91.7 cm³/mol. The topological polar surface area (TPSA) is 81.8 Å². The number of rotatable bonds is 6. The molecule has 1 amide bonds. The Morgan fingerprint density at radius 1 is 1.13 bits per heavy atom. The molecule has 1 heterocycles. The van der Waals surface area contributed by atoms with E-state index in [2.05, 4.69) is 14.9 Å². The molecule has 7 nitrogen and oxygen atoms in total. The number of hydrogen-bond acceptors (Lipinski definition) is 4. The number of hydrogen-bond donors (Lipinski definition) is 2. The summed E-state index contributed by atoms with van der Waals surface area (Å²) in [5.74, 6) is -0.402. The van der Waals surface area contributed by atoms with Crippen molar-refractivity contribution in [2.24, 2.45) is 0 Å². The third kappa shape index (κ3) is 5.19. The maximum atomic E-state index is 11.8. The molecule has 0 bridgehead atoms. The number of carbonyl (C=O) groups is 1. The van der Waals surface area contributed by atoms with Gasteiger partial charge in [-0.25, -0.2) is 0 Å². The van der Waals surface area contributed by atoms with Crippen molar-refractivity contribution < 1.29 is 13.2 Å². The van der Waals surface area contributed by atoms with E-state index in [1.807, 2.05) is 24.3 Å². The molecule has 0 aliphatic carbocycles. The molecule has 0 unspecified atom stereocenters. The first-order chi connectivity index (χ1) is 10.9. The van der Waals surface area contributed by atoms with E-state index in [1.165, 1.54) is 33.4 Å². The van der Waals surface area contributed by atoms with Gasteiger partial charge >= 0.3 is 0 Å². The Morgan fingerprint density at radius 2 is 1.74 bits per heavy atom. The second kappa shape index (κ2) is 7.76. The van der Waals surface area contributed by atoms with Crippen molar-refractivity contribution in [3.8, 4) is 0 Å². The SMILES string of the molecule is CN(C)S(=O)(=O)NCC(=O)Nc1ccc(N2CCCCC2)cc1. The summed E-state index contributed by atoms with van der Waals surface area (Å²) in [5, 5.41) is 2.68. The molecule has 1 saturated heterocycles. The van der Waals surface area contributed by atoms with E-state index in [1.54, 1.807) is 0 Å². The lowest BCUT2D eigenvalue weighted by Gasteiger charge is -2.28. The van der Waals surface area contributed by atoms with E-state index >= 15 is 0 Å². The van der Waals surface area contributed by atoms with E-state index in [4.69, 9.17) is 0 Å². The molecule has 8 heteroatoms. The van der Waals surface area contributed by atoms with Crippen LogP contribution in [0.1, 0.15) is 19.3 Å². The highest BCUT2D eigenvalue weighted by atomic mass is 32.2. The fourth-order valence-corrected chi connectivity index (χ4v) is 2.97. The number of nitrogens with zero attached hydrogens (tertiary/aromatic N) is 2. The molecular weight excluding hydrogens is 316 g/mol. The molecule has 0 atom stereocenters.